The second kappa shape index (κ2) is 7.32. The molecule has 3 atom stereocenters. The molecule has 5 aliphatic rings. The first-order chi connectivity index (χ1) is 14.7. The van der Waals surface area contributed by atoms with Crippen molar-refractivity contribution in [1.82, 2.24) is 0 Å². The van der Waals surface area contributed by atoms with Crippen molar-refractivity contribution in [2.24, 2.45) is 0 Å². The van der Waals surface area contributed by atoms with Crippen molar-refractivity contribution in [1.29, 1.82) is 0 Å². The largest absolute Gasteiger partial charge is 0.536 e. The van der Waals surface area contributed by atoms with Gasteiger partial charge in [0.05, 0.1) is 0 Å². The molecule has 1 N–H and O–H groups in total. The van der Waals surface area contributed by atoms with E-state index in [-0.39, 0.29) is 5.57 Å². The van der Waals surface area contributed by atoms with Crippen LogP contribution in [0.3, 0.4) is 0 Å². The van der Waals surface area contributed by atoms with E-state index >= 15 is 0 Å². The third-order valence-electron chi connectivity index (χ3n) is 5.30. The average Bonchev–Trinajstić information content (AvgIpc) is 3.09. The molecule has 12 heteroatoms. The van der Waals surface area contributed by atoms with Crippen molar-refractivity contribution in [2.75, 3.05) is 0 Å². The number of phosphoric ester groups is 2. The van der Waals surface area contributed by atoms with Crippen LogP contribution in [0.5, 0.6) is 0 Å². The van der Waals surface area contributed by atoms with Crippen LogP contribution in [0.2, 0.25) is 0 Å². The molecule has 5 rings (SSSR count). The Balaban J connectivity index is 1.73. The van der Waals surface area contributed by atoms with Gasteiger partial charge in [-0.3, -0.25) is 4.79 Å². The Labute approximate surface area is 186 Å². The van der Waals surface area contributed by atoms with E-state index in [0.717, 1.165) is 5.57 Å². The van der Waals surface area contributed by atoms with E-state index < -0.39 is 44.5 Å². The number of hydrogen-bond donors (Lipinski definition) is 1. The van der Waals surface area contributed by atoms with E-state index in [2.05, 4.69) is 0 Å². The minimum absolute atomic E-state index is 0.0411. The first kappa shape index (κ1) is 23.8. The van der Waals surface area contributed by atoms with Gasteiger partial charge in [0.15, 0.2) is 5.76 Å². The fourth-order valence-corrected chi connectivity index (χ4v) is 7.41. The highest BCUT2D eigenvalue weighted by atomic mass is 31.2. The Morgan fingerprint density at radius 2 is 1.59 bits per heavy atom. The van der Waals surface area contributed by atoms with E-state index in [9.17, 15) is 19.0 Å². The molecule has 32 heavy (non-hydrogen) atoms. The molecule has 4 fully saturated rings. The number of carbonyl (C=O) groups is 1. The highest BCUT2D eigenvalue weighted by Crippen LogP contribution is 2.84. The topological polar surface area (TPSA) is 127 Å². The second-order valence-corrected chi connectivity index (χ2v) is 11.6. The summed E-state index contributed by atoms with van der Waals surface area (Å²) in [6.45, 7) is 10.5. The zero-order valence-corrected chi connectivity index (χ0v) is 20.5. The molecule has 1 spiro atoms. The van der Waals surface area contributed by atoms with Gasteiger partial charge in [0, 0.05) is 5.57 Å². The smallest absolute Gasteiger partial charge is 0.402 e. The summed E-state index contributed by atoms with van der Waals surface area (Å²) in [4.78, 5) is 13.0. The van der Waals surface area contributed by atoms with E-state index in [1.54, 1.807) is 20.8 Å². The number of rotatable bonds is 6. The molecule has 0 aromatic rings. The van der Waals surface area contributed by atoms with Crippen LogP contribution in [0, 0.1) is 0 Å². The van der Waals surface area contributed by atoms with E-state index in [0.29, 0.717) is 24.0 Å². The lowest BCUT2D eigenvalue weighted by molar-refractivity contribution is -0.233. The molecule has 4 bridgehead atoms. The summed E-state index contributed by atoms with van der Waals surface area (Å²) in [7, 11) is -8.53. The third-order valence-corrected chi connectivity index (χ3v) is 8.15. The predicted octanol–water partition coefficient (Wildman–Crippen LogP) is 4.94. The summed E-state index contributed by atoms with van der Waals surface area (Å²) < 4.78 is 57.8. The van der Waals surface area contributed by atoms with Crippen molar-refractivity contribution in [3.63, 3.8) is 0 Å². The summed E-state index contributed by atoms with van der Waals surface area (Å²) in [6.07, 6.45) is 5.96. The number of carbonyl (C=O) groups excluding carboxylic acids is 1. The average molecular weight is 488 g/mol. The van der Waals surface area contributed by atoms with Crippen molar-refractivity contribution >= 4 is 21.4 Å². The minimum atomic E-state index is -4.55. The normalized spacial score (nSPS) is 41.9. The van der Waals surface area contributed by atoms with Gasteiger partial charge in [0.1, 0.15) is 0 Å². The molecule has 5 aliphatic heterocycles. The maximum absolute atomic E-state index is 13.2. The molecule has 0 amide bonds. The Morgan fingerprint density at radius 3 is 2.19 bits per heavy atom. The van der Waals surface area contributed by atoms with Gasteiger partial charge in [-0.15, -0.1) is 0 Å². The number of phosphoric acid groups is 2. The molecule has 4 saturated heterocycles. The number of fused-ring (bicyclic) bond motifs is 2. The molecular weight excluding hydrogens is 462 g/mol. The zero-order chi connectivity index (χ0) is 23.7. The van der Waals surface area contributed by atoms with Crippen LogP contribution in [0.25, 0.3) is 0 Å². The lowest BCUT2D eigenvalue weighted by atomic mass is 9.92. The van der Waals surface area contributed by atoms with Crippen molar-refractivity contribution in [2.45, 2.75) is 71.7 Å². The number of ketones is 1. The molecule has 5 heterocycles. The number of hydrogen-bond acceptors (Lipinski definition) is 10. The first-order valence-electron chi connectivity index (χ1n) is 10.1. The molecule has 0 aromatic heterocycles. The molecule has 0 aromatic carbocycles. The quantitative estimate of drug-likeness (QED) is 0.312. The lowest BCUT2D eigenvalue weighted by Gasteiger charge is -2.40. The van der Waals surface area contributed by atoms with E-state index in [4.69, 9.17) is 27.1 Å². The highest BCUT2D eigenvalue weighted by molar-refractivity contribution is 7.51. The van der Waals surface area contributed by atoms with Crippen LogP contribution in [0.1, 0.15) is 54.4 Å². The summed E-state index contributed by atoms with van der Waals surface area (Å²) in [5, 5.41) is 11.1. The van der Waals surface area contributed by atoms with Gasteiger partial charge in [-0.25, -0.2) is 31.7 Å². The van der Waals surface area contributed by atoms with E-state index in [1.165, 1.54) is 19.1 Å². The Bertz CT molecular complexity index is 1100. The molecule has 10 nitrogen and oxygen atoms in total. The van der Waals surface area contributed by atoms with Gasteiger partial charge < -0.3 is 9.63 Å². The maximum Gasteiger partial charge on any atom is 0.536 e. The monoisotopic (exact) mass is 488 g/mol. The molecule has 3 unspecified atom stereocenters. The fraction of sp³-hybridized carbons (Fsp3) is 0.550. The lowest BCUT2D eigenvalue weighted by Crippen LogP contribution is -2.55. The van der Waals surface area contributed by atoms with Gasteiger partial charge >= 0.3 is 21.4 Å². The summed E-state index contributed by atoms with van der Waals surface area (Å²) >= 11 is 0. The first-order valence-corrected chi connectivity index (χ1v) is 13.0. The maximum atomic E-state index is 13.2. The van der Waals surface area contributed by atoms with Gasteiger partial charge in [0.2, 0.25) is 5.78 Å². The fourth-order valence-electron chi connectivity index (χ4n) is 3.93. The summed E-state index contributed by atoms with van der Waals surface area (Å²) in [5.41, 5.74) is 2.48. The van der Waals surface area contributed by atoms with Gasteiger partial charge in [-0.1, -0.05) is 22.8 Å². The van der Waals surface area contributed by atoms with Crippen LogP contribution in [0.4, 0.5) is 0 Å². The molecule has 0 saturated carbocycles. The molecule has 176 valence electrons. The number of allylic oxidation sites excluding steroid dienone is 4. The standard InChI is InChI=1S/C20H26O10P2/c1-12(2)8-7-9-14(5)10-16(21)19(22)17-15(6)20(29-31(23,25-17)28-19)18(11-13(3)4)26-32(24,27-18)30-20/h8,10-11,22H,7,9H2,1-6H3/b14-10+. The number of aliphatic hydroxyl groups is 1. The van der Waals surface area contributed by atoms with Gasteiger partial charge in [0.25, 0.3) is 11.6 Å². The molecular formula is C20H26O10P2. The zero-order valence-electron chi connectivity index (χ0n) is 18.7. The van der Waals surface area contributed by atoms with Crippen molar-refractivity contribution < 1.29 is 46.2 Å². The summed E-state index contributed by atoms with van der Waals surface area (Å²) in [6, 6.07) is 0. The Kier molecular flexibility index (Phi) is 5.45. The van der Waals surface area contributed by atoms with Crippen LogP contribution < -0.4 is 0 Å². The third kappa shape index (κ3) is 3.45. The Morgan fingerprint density at radius 1 is 0.969 bits per heavy atom. The van der Waals surface area contributed by atoms with Crippen LogP contribution in [-0.4, -0.2) is 28.3 Å². The van der Waals surface area contributed by atoms with Gasteiger partial charge in [-0.05, 0) is 66.5 Å². The highest BCUT2D eigenvalue weighted by Gasteiger charge is 2.85. The SMILES string of the molecule is CC(C)=CCC/C(C)=C/C(=O)C1(O)OP2(=O)OC1=C(C)C1(O2)OP2(=O)OC1(C=C(C)C)O2. The van der Waals surface area contributed by atoms with Crippen LogP contribution in [-0.2, 0) is 41.1 Å². The van der Waals surface area contributed by atoms with Gasteiger partial charge in [-0.2, -0.15) is 0 Å². The molecule has 0 radical (unpaired) electrons. The minimum Gasteiger partial charge on any atom is -0.402 e. The summed E-state index contributed by atoms with van der Waals surface area (Å²) in [5.74, 6) is -8.01. The van der Waals surface area contributed by atoms with Crippen LogP contribution >= 0.6 is 15.6 Å². The van der Waals surface area contributed by atoms with E-state index in [1.807, 2.05) is 19.9 Å². The second-order valence-electron chi connectivity index (χ2n) is 8.72. The predicted molar refractivity (Wildman–Crippen MR) is 112 cm³/mol. The van der Waals surface area contributed by atoms with Crippen LogP contribution in [0.15, 0.2) is 46.3 Å². The van der Waals surface area contributed by atoms with Crippen molar-refractivity contribution in [3.8, 4) is 0 Å². The van der Waals surface area contributed by atoms with Crippen molar-refractivity contribution in [3.05, 3.63) is 46.3 Å². The Hall–Kier alpha value is -1.35. The molecule has 0 aliphatic carbocycles.